The summed E-state index contributed by atoms with van der Waals surface area (Å²) in [5.74, 6) is 0.477. The maximum atomic E-state index is 6.02. The molecule has 0 spiro atoms. The Morgan fingerprint density at radius 2 is 1.19 bits per heavy atom. The number of rotatable bonds is 1. The van der Waals surface area contributed by atoms with Crippen molar-refractivity contribution in [3.05, 3.63) is 64.9 Å². The van der Waals surface area contributed by atoms with Crippen LogP contribution in [0.25, 0.3) is 27.8 Å². The number of aromatic nitrogens is 3. The Balaban J connectivity index is 2.20. The van der Waals surface area contributed by atoms with Crippen molar-refractivity contribution in [2.75, 3.05) is 0 Å². The van der Waals surface area contributed by atoms with E-state index < -0.39 is 0 Å². The number of para-hydroxylation sites is 2. The van der Waals surface area contributed by atoms with Gasteiger partial charge in [-0.15, -0.1) is 0 Å². The highest BCUT2D eigenvalue weighted by Crippen LogP contribution is 2.31. The zero-order valence-electron chi connectivity index (χ0n) is 10.8. The fourth-order valence-electron chi connectivity index (χ4n) is 2.62. The quantitative estimate of drug-likeness (QED) is 0.469. The molecule has 0 atom stereocenters. The van der Waals surface area contributed by atoms with Gasteiger partial charge in [0.25, 0.3) is 0 Å². The van der Waals surface area contributed by atoms with Crippen LogP contribution in [0, 0.1) is 0 Å². The van der Waals surface area contributed by atoms with E-state index in [9.17, 15) is 0 Å². The van der Waals surface area contributed by atoms with Gasteiger partial charge >= 0.3 is 0 Å². The molecule has 0 aliphatic heterocycles. The van der Waals surface area contributed by atoms with Crippen molar-refractivity contribution in [2.45, 2.75) is 0 Å². The predicted octanol–water partition coefficient (Wildman–Crippen LogP) is 4.88. The van der Waals surface area contributed by atoms with Crippen molar-refractivity contribution in [1.82, 2.24) is 14.5 Å². The second-order valence-corrected chi connectivity index (χ2v) is 5.46. The van der Waals surface area contributed by atoms with Gasteiger partial charge in [0.1, 0.15) is 10.3 Å². The summed E-state index contributed by atoms with van der Waals surface area (Å²) in [5.41, 5.74) is 2.05. The Morgan fingerprint density at radius 1 is 0.714 bits per heavy atom. The van der Waals surface area contributed by atoms with Gasteiger partial charge in [-0.05, 0) is 12.1 Å². The van der Waals surface area contributed by atoms with Gasteiger partial charge in [-0.25, -0.2) is 9.97 Å². The number of nitrogens with zero attached hydrogens (tertiary/aromatic N) is 3. The lowest BCUT2D eigenvalue weighted by Crippen LogP contribution is -2.01. The third kappa shape index (κ3) is 1.97. The van der Waals surface area contributed by atoms with Crippen LogP contribution in [0.5, 0.6) is 0 Å². The Bertz CT molecular complexity index is 902. The van der Waals surface area contributed by atoms with E-state index in [1.165, 1.54) is 6.07 Å². The molecule has 0 aliphatic carbocycles. The van der Waals surface area contributed by atoms with Gasteiger partial charge in [0.05, 0.1) is 11.0 Å². The molecule has 0 amide bonds. The highest BCUT2D eigenvalue weighted by molar-refractivity contribution is 6.33. The van der Waals surface area contributed by atoms with Crippen LogP contribution in [0.4, 0.5) is 0 Å². The van der Waals surface area contributed by atoms with Gasteiger partial charge in [-0.2, -0.15) is 0 Å². The number of hydrogen-bond donors (Lipinski definition) is 0. The Hall–Kier alpha value is -2.10. The van der Waals surface area contributed by atoms with Crippen molar-refractivity contribution in [3.8, 4) is 5.95 Å². The van der Waals surface area contributed by atoms with Crippen LogP contribution in [0.1, 0.15) is 0 Å². The van der Waals surface area contributed by atoms with Crippen LogP contribution in [0.3, 0.4) is 0 Å². The van der Waals surface area contributed by atoms with E-state index in [1.807, 2.05) is 41.0 Å². The monoisotopic (exact) mass is 313 g/mol. The molecule has 2 aromatic heterocycles. The first-order valence-corrected chi connectivity index (χ1v) is 7.18. The maximum Gasteiger partial charge on any atom is 0.237 e. The lowest BCUT2D eigenvalue weighted by molar-refractivity contribution is 0.989. The molecule has 0 saturated heterocycles. The minimum Gasteiger partial charge on any atom is -0.278 e. The Kier molecular flexibility index (Phi) is 2.84. The topological polar surface area (TPSA) is 30.7 Å². The van der Waals surface area contributed by atoms with E-state index in [0.717, 1.165) is 21.8 Å². The van der Waals surface area contributed by atoms with Gasteiger partial charge < -0.3 is 0 Å². The fourth-order valence-corrected chi connectivity index (χ4v) is 3.03. The molecule has 0 unspecified atom stereocenters. The second kappa shape index (κ2) is 4.72. The van der Waals surface area contributed by atoms with Crippen LogP contribution in [0.15, 0.2) is 54.6 Å². The third-order valence-corrected chi connectivity index (χ3v) is 3.82. The van der Waals surface area contributed by atoms with E-state index >= 15 is 0 Å². The first-order valence-electron chi connectivity index (χ1n) is 6.43. The molecular weight excluding hydrogens is 305 g/mol. The number of hydrogen-bond acceptors (Lipinski definition) is 2. The first kappa shape index (κ1) is 12.6. The van der Waals surface area contributed by atoms with Gasteiger partial charge in [0, 0.05) is 16.8 Å². The van der Waals surface area contributed by atoms with Crippen LogP contribution >= 0.6 is 23.2 Å². The van der Waals surface area contributed by atoms with Crippen molar-refractivity contribution in [2.24, 2.45) is 0 Å². The number of benzene rings is 2. The van der Waals surface area contributed by atoms with Crippen molar-refractivity contribution in [3.63, 3.8) is 0 Å². The van der Waals surface area contributed by atoms with Crippen LogP contribution in [-0.4, -0.2) is 14.5 Å². The molecular formula is C16H9Cl2N3. The van der Waals surface area contributed by atoms with Crippen molar-refractivity contribution in [1.29, 1.82) is 0 Å². The average molecular weight is 314 g/mol. The summed E-state index contributed by atoms with van der Waals surface area (Å²) in [6, 6.07) is 17.8. The first-order chi connectivity index (χ1) is 10.2. The summed E-state index contributed by atoms with van der Waals surface area (Å²) in [4.78, 5) is 8.62. The van der Waals surface area contributed by atoms with E-state index in [2.05, 4.69) is 22.1 Å². The smallest absolute Gasteiger partial charge is 0.237 e. The predicted molar refractivity (Wildman–Crippen MR) is 86.4 cm³/mol. The van der Waals surface area contributed by atoms with Crippen LogP contribution in [-0.2, 0) is 0 Å². The highest BCUT2D eigenvalue weighted by Gasteiger charge is 2.14. The van der Waals surface area contributed by atoms with Gasteiger partial charge in [-0.3, -0.25) is 4.57 Å². The summed E-state index contributed by atoms with van der Waals surface area (Å²) >= 11 is 12.0. The van der Waals surface area contributed by atoms with Crippen molar-refractivity contribution < 1.29 is 0 Å². The summed E-state index contributed by atoms with van der Waals surface area (Å²) in [5, 5.41) is 2.94. The normalized spacial score (nSPS) is 11.3. The summed E-state index contributed by atoms with van der Waals surface area (Å²) < 4.78 is 1.97. The van der Waals surface area contributed by atoms with Gasteiger partial charge in [-0.1, -0.05) is 59.6 Å². The van der Waals surface area contributed by atoms with Crippen molar-refractivity contribution >= 4 is 45.0 Å². The Morgan fingerprint density at radius 3 is 1.71 bits per heavy atom. The molecule has 0 radical (unpaired) electrons. The molecule has 0 fully saturated rings. The molecule has 2 aromatic carbocycles. The van der Waals surface area contributed by atoms with Crippen LogP contribution in [0.2, 0.25) is 10.3 Å². The Labute approximate surface area is 130 Å². The largest absolute Gasteiger partial charge is 0.278 e. The van der Waals surface area contributed by atoms with E-state index in [-0.39, 0.29) is 0 Å². The SMILES string of the molecule is Clc1cc(Cl)nc(-n2c3ccccc3c3ccccc32)n1. The molecule has 102 valence electrons. The molecule has 4 rings (SSSR count). The minimum absolute atomic E-state index is 0.326. The lowest BCUT2D eigenvalue weighted by Gasteiger charge is -2.06. The molecule has 3 nitrogen and oxygen atoms in total. The fraction of sp³-hybridized carbons (Fsp3) is 0. The third-order valence-electron chi connectivity index (χ3n) is 3.43. The maximum absolute atomic E-state index is 6.02. The molecule has 4 aromatic rings. The molecule has 0 saturated carbocycles. The summed E-state index contributed by atoms with van der Waals surface area (Å²) in [6.07, 6.45) is 0. The molecule has 0 aliphatic rings. The molecule has 0 bridgehead atoms. The molecule has 2 heterocycles. The van der Waals surface area contributed by atoms with E-state index in [1.54, 1.807) is 0 Å². The standard InChI is InChI=1S/C16H9Cl2N3/c17-14-9-15(18)20-16(19-14)21-12-7-3-1-5-10(12)11-6-2-4-8-13(11)21/h1-9H. The van der Waals surface area contributed by atoms with E-state index in [4.69, 9.17) is 23.2 Å². The number of halogens is 2. The van der Waals surface area contributed by atoms with Gasteiger partial charge in [0.2, 0.25) is 5.95 Å². The van der Waals surface area contributed by atoms with E-state index in [0.29, 0.717) is 16.3 Å². The second-order valence-electron chi connectivity index (χ2n) is 4.68. The minimum atomic E-state index is 0.326. The molecule has 5 heteroatoms. The molecule has 0 N–H and O–H groups in total. The van der Waals surface area contributed by atoms with Gasteiger partial charge in [0.15, 0.2) is 0 Å². The van der Waals surface area contributed by atoms with Crippen LogP contribution < -0.4 is 0 Å². The number of fused-ring (bicyclic) bond motifs is 3. The zero-order chi connectivity index (χ0) is 14.4. The highest BCUT2D eigenvalue weighted by atomic mass is 35.5. The average Bonchev–Trinajstić information content (AvgIpc) is 2.81. The lowest BCUT2D eigenvalue weighted by atomic mass is 10.2. The molecule has 21 heavy (non-hydrogen) atoms. The zero-order valence-corrected chi connectivity index (χ0v) is 12.3. The summed E-state index contributed by atoms with van der Waals surface area (Å²) in [6.45, 7) is 0. The summed E-state index contributed by atoms with van der Waals surface area (Å²) in [7, 11) is 0.